The second-order valence-corrected chi connectivity index (χ2v) is 21.0. The molecule has 0 aliphatic carbocycles. The maximum absolute atomic E-state index is 9.50. The Morgan fingerprint density at radius 3 is 1.20 bits per heavy atom. The Morgan fingerprint density at radius 2 is 0.776 bits per heavy atom. The summed E-state index contributed by atoms with van der Waals surface area (Å²) in [6, 6.07) is 33.6. The van der Waals surface area contributed by atoms with E-state index in [-0.39, 0.29) is 0 Å². The average molecular weight is 1040 g/mol. The molecule has 2 heterocycles. The Hall–Kier alpha value is -7.56. The molecular weight excluding hydrogens is 973 g/mol. The molecule has 76 heavy (non-hydrogen) atoms. The number of unbranched alkanes of at least 4 members (excludes halogenated alkanes) is 12. The van der Waals surface area contributed by atoms with E-state index in [4.69, 9.17) is 25.5 Å². The van der Waals surface area contributed by atoms with Gasteiger partial charge in [0.2, 0.25) is 0 Å². The van der Waals surface area contributed by atoms with Crippen LogP contribution in [0.3, 0.4) is 0 Å². The molecule has 0 aliphatic rings. The van der Waals surface area contributed by atoms with Crippen molar-refractivity contribution < 1.29 is 18.9 Å². The van der Waals surface area contributed by atoms with Gasteiger partial charge in [0, 0.05) is 55.6 Å². The van der Waals surface area contributed by atoms with Crippen molar-refractivity contribution >= 4 is 48.5 Å². The first-order valence-corrected chi connectivity index (χ1v) is 28.9. The summed E-state index contributed by atoms with van der Waals surface area (Å²) in [5.41, 5.74) is 5.63. The molecule has 5 aromatic carbocycles. The number of fused-ring (bicyclic) bond motifs is 3. The molecule has 0 N–H and O–H groups in total. The van der Waals surface area contributed by atoms with Gasteiger partial charge in [-0.15, -0.1) is 22.7 Å². The van der Waals surface area contributed by atoms with Crippen molar-refractivity contribution in [2.24, 2.45) is 0 Å². The number of ether oxygens (including phenoxy) is 4. The lowest BCUT2D eigenvalue weighted by Gasteiger charge is -2.13. The zero-order chi connectivity index (χ0) is 53.2. The summed E-state index contributed by atoms with van der Waals surface area (Å²) < 4.78 is 28.2. The number of nitrogens with zero attached hydrogens (tertiary/aromatic N) is 2. The Labute approximate surface area is 460 Å². The minimum atomic E-state index is 0.555. The number of thiophene rings is 2. The molecule has 0 unspecified atom stereocenters. The monoisotopic (exact) mass is 1040 g/mol. The standard InChI is InChI=1S/C68H68N2O4S2/c1-6-10-14-16-20-40-73-63-46-56(65(71-38-18-12-8-3)44-54(63)30-28-51-24-22-26-53(42-51)50-69)32-34-59-48-61-62-49-60(76-68(62)37-36-67(61)75-59)35-33-57-47-64(74-41-21-17-15-11-7-2)55(45-66(57)72-39-19-13-9-4)31-29-52-25-23-27-58(43-52)70-5/h22-27,36-37,42-49H,6-21,38-41H2,1-4H3. The molecule has 0 amide bonds. The number of hydrogen-bond donors (Lipinski definition) is 0. The van der Waals surface area contributed by atoms with Crippen LogP contribution in [0.2, 0.25) is 0 Å². The zero-order valence-electron chi connectivity index (χ0n) is 44.7. The highest BCUT2D eigenvalue weighted by atomic mass is 32.1. The van der Waals surface area contributed by atoms with E-state index in [1.165, 1.54) is 38.5 Å². The molecule has 0 spiro atoms. The second kappa shape index (κ2) is 30.7. The Bertz CT molecular complexity index is 3180. The molecule has 0 saturated carbocycles. The van der Waals surface area contributed by atoms with Gasteiger partial charge < -0.3 is 18.9 Å². The third-order valence-corrected chi connectivity index (χ3v) is 14.7. The van der Waals surface area contributed by atoms with Crippen molar-refractivity contribution in [1.82, 2.24) is 0 Å². The summed E-state index contributed by atoms with van der Waals surface area (Å²) in [5, 5.41) is 11.8. The van der Waals surface area contributed by atoms with Crippen molar-refractivity contribution in [3.05, 3.63) is 157 Å². The van der Waals surface area contributed by atoms with E-state index in [1.54, 1.807) is 40.9 Å². The molecule has 0 fully saturated rings. The molecule has 7 rings (SSSR count). The SMILES string of the molecule is [C-]#[N+]c1cccc(C#Cc2cc(OCCCCC)c(C#Cc3cc4c(ccc5sc(C#Cc6cc(OCCCCCCC)c(C#Cc7cccc(C#N)c7)cc6OCCCCC)cc54)s3)cc2OCCCCCCC)c1. The van der Waals surface area contributed by atoms with E-state index in [0.29, 0.717) is 60.7 Å². The molecular formula is C68H68N2O4S2. The first kappa shape index (κ1) is 56.2. The van der Waals surface area contributed by atoms with Crippen LogP contribution in [0.25, 0.3) is 25.0 Å². The Morgan fingerprint density at radius 1 is 0.408 bits per heavy atom. The minimum absolute atomic E-state index is 0.555. The Kier molecular flexibility index (Phi) is 22.7. The van der Waals surface area contributed by atoms with Gasteiger partial charge in [0.05, 0.1) is 76.6 Å². The summed E-state index contributed by atoms with van der Waals surface area (Å²) in [5.74, 6) is 29.9. The number of benzene rings is 5. The lowest BCUT2D eigenvalue weighted by Crippen LogP contribution is -2.03. The summed E-state index contributed by atoms with van der Waals surface area (Å²) in [6.07, 6.45) is 17.5. The van der Waals surface area contributed by atoms with Crippen molar-refractivity contribution in [2.75, 3.05) is 26.4 Å². The molecule has 6 nitrogen and oxygen atoms in total. The third kappa shape index (κ3) is 17.0. The summed E-state index contributed by atoms with van der Waals surface area (Å²) in [7, 11) is 0. The predicted octanol–water partition coefficient (Wildman–Crippen LogP) is 18.0. The largest absolute Gasteiger partial charge is 0.492 e. The maximum Gasteiger partial charge on any atom is 0.188 e. The molecule has 0 bridgehead atoms. The summed E-state index contributed by atoms with van der Waals surface area (Å²) >= 11 is 3.35. The van der Waals surface area contributed by atoms with Crippen LogP contribution in [-0.2, 0) is 0 Å². The topological polar surface area (TPSA) is 65.1 Å². The molecule has 0 aliphatic heterocycles. The fourth-order valence-corrected chi connectivity index (χ4v) is 10.3. The lowest BCUT2D eigenvalue weighted by molar-refractivity contribution is 0.296. The average Bonchev–Trinajstić information content (AvgIpc) is 4.09. The van der Waals surface area contributed by atoms with Crippen LogP contribution in [0.1, 0.15) is 179 Å². The van der Waals surface area contributed by atoms with Gasteiger partial charge in [-0.25, -0.2) is 4.85 Å². The van der Waals surface area contributed by atoms with E-state index in [2.05, 4.69) is 110 Å². The molecule has 0 atom stereocenters. The van der Waals surface area contributed by atoms with Gasteiger partial charge in [-0.1, -0.05) is 170 Å². The van der Waals surface area contributed by atoms with Gasteiger partial charge in [0.15, 0.2) is 5.69 Å². The van der Waals surface area contributed by atoms with Crippen molar-refractivity contribution in [3.63, 3.8) is 0 Å². The molecule has 0 saturated heterocycles. The first-order chi connectivity index (χ1) is 37.4. The van der Waals surface area contributed by atoms with Gasteiger partial charge in [-0.05, 0) is 80.3 Å². The third-order valence-electron chi connectivity index (χ3n) is 12.7. The van der Waals surface area contributed by atoms with E-state index in [0.717, 1.165) is 128 Å². The van der Waals surface area contributed by atoms with Crippen LogP contribution in [0, 0.1) is 65.3 Å². The normalized spacial score (nSPS) is 10.4. The molecule has 7 aromatic rings. The lowest BCUT2D eigenvalue weighted by atomic mass is 10.1. The highest BCUT2D eigenvalue weighted by molar-refractivity contribution is 7.21. The van der Waals surface area contributed by atoms with Gasteiger partial charge >= 0.3 is 0 Å². The van der Waals surface area contributed by atoms with E-state index in [1.807, 2.05) is 54.6 Å². The van der Waals surface area contributed by atoms with E-state index < -0.39 is 0 Å². The summed E-state index contributed by atoms with van der Waals surface area (Å²) in [4.78, 5) is 5.49. The first-order valence-electron chi connectivity index (χ1n) is 27.3. The zero-order valence-corrected chi connectivity index (χ0v) is 46.4. The van der Waals surface area contributed by atoms with Gasteiger partial charge in [-0.2, -0.15) is 5.26 Å². The fraction of sp³-hybridized carbons (Fsp3) is 0.353. The molecule has 2 aromatic heterocycles. The fourth-order valence-electron chi connectivity index (χ4n) is 8.44. The molecule has 8 heteroatoms. The van der Waals surface area contributed by atoms with Crippen LogP contribution in [0.4, 0.5) is 5.69 Å². The van der Waals surface area contributed by atoms with Crippen LogP contribution < -0.4 is 18.9 Å². The van der Waals surface area contributed by atoms with E-state index >= 15 is 0 Å². The Balaban J connectivity index is 1.21. The number of nitriles is 1. The van der Waals surface area contributed by atoms with Gasteiger partial charge in [0.25, 0.3) is 0 Å². The highest BCUT2D eigenvalue weighted by Crippen LogP contribution is 2.37. The van der Waals surface area contributed by atoms with Crippen LogP contribution in [0.15, 0.2) is 97.1 Å². The minimum Gasteiger partial charge on any atom is -0.492 e. The molecule has 386 valence electrons. The van der Waals surface area contributed by atoms with E-state index in [9.17, 15) is 5.26 Å². The highest BCUT2D eigenvalue weighted by Gasteiger charge is 2.15. The second-order valence-electron chi connectivity index (χ2n) is 18.8. The van der Waals surface area contributed by atoms with Gasteiger partial charge in [-0.3, -0.25) is 0 Å². The van der Waals surface area contributed by atoms with Crippen LogP contribution in [0.5, 0.6) is 23.0 Å². The number of hydrogen-bond acceptors (Lipinski definition) is 7. The van der Waals surface area contributed by atoms with Crippen molar-refractivity contribution in [2.45, 2.75) is 130 Å². The van der Waals surface area contributed by atoms with Crippen molar-refractivity contribution in [3.8, 4) is 76.4 Å². The van der Waals surface area contributed by atoms with Gasteiger partial charge in [0.1, 0.15) is 23.0 Å². The van der Waals surface area contributed by atoms with Crippen LogP contribution in [-0.4, -0.2) is 26.4 Å². The van der Waals surface area contributed by atoms with Crippen LogP contribution >= 0.6 is 22.7 Å². The smallest absolute Gasteiger partial charge is 0.188 e. The number of rotatable bonds is 24. The molecule has 0 radical (unpaired) electrons. The quantitative estimate of drug-likeness (QED) is 0.0343. The maximum atomic E-state index is 9.50. The predicted molar refractivity (Wildman–Crippen MR) is 316 cm³/mol. The van der Waals surface area contributed by atoms with Crippen molar-refractivity contribution in [1.29, 1.82) is 5.26 Å². The summed E-state index contributed by atoms with van der Waals surface area (Å²) in [6.45, 7) is 18.6.